The number of nitrogens with one attached hydrogen (secondary N) is 1. The Morgan fingerprint density at radius 2 is 2.30 bits per heavy atom. The van der Waals surface area contributed by atoms with Gasteiger partial charge in [-0.3, -0.25) is 4.98 Å². The van der Waals surface area contributed by atoms with Gasteiger partial charge in [-0.05, 0) is 44.4 Å². The molecule has 124 valence electrons. The predicted molar refractivity (Wildman–Crippen MR) is 84.6 cm³/mol. The Kier molecular flexibility index (Phi) is 5.00. The van der Waals surface area contributed by atoms with E-state index in [1.54, 1.807) is 10.9 Å². The molecular formula is C16H23N5O2. The third kappa shape index (κ3) is 4.34. The van der Waals surface area contributed by atoms with Gasteiger partial charge in [0.05, 0.1) is 29.6 Å². The molecular weight excluding hydrogens is 294 g/mol. The van der Waals surface area contributed by atoms with Crippen LogP contribution >= 0.6 is 0 Å². The molecule has 3 heterocycles. The standard InChI is InChI=1S/C16H23N5O2/c22-15(14-5-1-2-8-18-14)6-3-4-13-10-21(20-19-13)12-16(23)7-9-17-11-16/h1-2,5,8,10,15,17,22-23H,3-4,6-7,9,11-12H2. The highest BCUT2D eigenvalue weighted by Gasteiger charge is 2.31. The minimum Gasteiger partial charge on any atom is -0.387 e. The van der Waals surface area contributed by atoms with Crippen LogP contribution in [0.1, 0.15) is 36.8 Å². The van der Waals surface area contributed by atoms with Crippen LogP contribution in [0.25, 0.3) is 0 Å². The minimum atomic E-state index is -0.722. The van der Waals surface area contributed by atoms with Crippen LogP contribution in [0.15, 0.2) is 30.6 Å². The van der Waals surface area contributed by atoms with Crippen LogP contribution in [0.4, 0.5) is 0 Å². The summed E-state index contributed by atoms with van der Waals surface area (Å²) in [5.74, 6) is 0. The molecule has 1 fully saturated rings. The first kappa shape index (κ1) is 16.0. The second-order valence-corrected chi connectivity index (χ2v) is 6.22. The zero-order chi connectivity index (χ0) is 16.1. The van der Waals surface area contributed by atoms with Gasteiger partial charge in [0.25, 0.3) is 0 Å². The Balaban J connectivity index is 1.46. The van der Waals surface area contributed by atoms with Gasteiger partial charge in [-0.15, -0.1) is 5.10 Å². The number of aliphatic hydroxyl groups excluding tert-OH is 1. The summed E-state index contributed by atoms with van der Waals surface area (Å²) in [6.45, 7) is 1.89. The van der Waals surface area contributed by atoms with Crippen molar-refractivity contribution in [2.75, 3.05) is 13.1 Å². The molecule has 2 aromatic rings. The van der Waals surface area contributed by atoms with Gasteiger partial charge in [0.2, 0.25) is 0 Å². The van der Waals surface area contributed by atoms with E-state index in [1.807, 2.05) is 24.4 Å². The smallest absolute Gasteiger partial charge is 0.0978 e. The van der Waals surface area contributed by atoms with E-state index in [-0.39, 0.29) is 0 Å². The monoisotopic (exact) mass is 317 g/mol. The lowest BCUT2D eigenvalue weighted by Gasteiger charge is -2.20. The van der Waals surface area contributed by atoms with E-state index in [0.29, 0.717) is 25.2 Å². The number of hydrogen-bond acceptors (Lipinski definition) is 6. The number of aromatic nitrogens is 4. The number of aliphatic hydroxyl groups is 2. The quantitative estimate of drug-likeness (QED) is 0.686. The molecule has 0 saturated carbocycles. The summed E-state index contributed by atoms with van der Waals surface area (Å²) in [7, 11) is 0. The second kappa shape index (κ2) is 7.16. The van der Waals surface area contributed by atoms with Crippen molar-refractivity contribution in [3.63, 3.8) is 0 Å². The summed E-state index contributed by atoms with van der Waals surface area (Å²) in [4.78, 5) is 4.16. The first-order chi connectivity index (χ1) is 11.1. The Hall–Kier alpha value is -1.83. The van der Waals surface area contributed by atoms with E-state index in [0.717, 1.165) is 31.5 Å². The van der Waals surface area contributed by atoms with Crippen LogP contribution in [-0.4, -0.2) is 48.9 Å². The molecule has 2 unspecified atom stereocenters. The van der Waals surface area contributed by atoms with Crippen molar-refractivity contribution in [1.29, 1.82) is 0 Å². The first-order valence-corrected chi connectivity index (χ1v) is 8.06. The number of β-amino-alcohol motifs (C(OH)–C–C–N with tert-alkyl or cyclic N) is 1. The normalized spacial score (nSPS) is 22.3. The number of pyridine rings is 1. The Morgan fingerprint density at radius 1 is 1.39 bits per heavy atom. The topological polar surface area (TPSA) is 96.1 Å². The van der Waals surface area contributed by atoms with Crippen LogP contribution in [0.2, 0.25) is 0 Å². The van der Waals surface area contributed by atoms with Gasteiger partial charge in [-0.1, -0.05) is 11.3 Å². The molecule has 7 nitrogen and oxygen atoms in total. The third-order valence-corrected chi connectivity index (χ3v) is 4.20. The fourth-order valence-corrected chi connectivity index (χ4v) is 2.89. The zero-order valence-electron chi connectivity index (χ0n) is 13.1. The van der Waals surface area contributed by atoms with Crippen LogP contribution < -0.4 is 5.32 Å². The average molecular weight is 317 g/mol. The highest BCUT2D eigenvalue weighted by molar-refractivity contribution is 5.06. The Bertz CT molecular complexity index is 610. The molecule has 0 radical (unpaired) electrons. The molecule has 1 aliphatic heterocycles. The number of hydrogen-bond donors (Lipinski definition) is 3. The third-order valence-electron chi connectivity index (χ3n) is 4.20. The van der Waals surface area contributed by atoms with E-state index in [4.69, 9.17) is 0 Å². The van der Waals surface area contributed by atoms with E-state index in [2.05, 4.69) is 20.6 Å². The van der Waals surface area contributed by atoms with Crippen LogP contribution in [0, 0.1) is 0 Å². The lowest BCUT2D eigenvalue weighted by molar-refractivity contribution is 0.0391. The number of rotatable bonds is 7. The van der Waals surface area contributed by atoms with E-state index in [1.165, 1.54) is 0 Å². The van der Waals surface area contributed by atoms with Gasteiger partial charge >= 0.3 is 0 Å². The van der Waals surface area contributed by atoms with E-state index >= 15 is 0 Å². The van der Waals surface area contributed by atoms with Gasteiger partial charge < -0.3 is 15.5 Å². The van der Waals surface area contributed by atoms with Crippen molar-refractivity contribution in [2.45, 2.75) is 43.9 Å². The molecule has 7 heteroatoms. The molecule has 0 spiro atoms. The van der Waals surface area contributed by atoms with Crippen molar-refractivity contribution >= 4 is 0 Å². The maximum atomic E-state index is 10.3. The van der Waals surface area contributed by atoms with Crippen LogP contribution in [0.5, 0.6) is 0 Å². The molecule has 1 saturated heterocycles. The largest absolute Gasteiger partial charge is 0.387 e. The average Bonchev–Trinajstić information content (AvgIpc) is 3.18. The summed E-state index contributed by atoms with van der Waals surface area (Å²) < 4.78 is 1.71. The molecule has 2 aromatic heterocycles. The molecule has 2 atom stereocenters. The predicted octanol–water partition coefficient (Wildman–Crippen LogP) is 0.454. The fourth-order valence-electron chi connectivity index (χ4n) is 2.89. The highest BCUT2D eigenvalue weighted by atomic mass is 16.3. The summed E-state index contributed by atoms with van der Waals surface area (Å²) in [5.41, 5.74) is 0.861. The number of aryl methyl sites for hydroxylation is 1. The zero-order valence-corrected chi connectivity index (χ0v) is 13.1. The molecule has 1 aliphatic rings. The maximum Gasteiger partial charge on any atom is 0.0978 e. The van der Waals surface area contributed by atoms with Gasteiger partial charge in [-0.25, -0.2) is 4.68 Å². The van der Waals surface area contributed by atoms with Crippen molar-refractivity contribution < 1.29 is 10.2 Å². The summed E-state index contributed by atoms with van der Waals surface area (Å²) >= 11 is 0. The fraction of sp³-hybridized carbons (Fsp3) is 0.562. The van der Waals surface area contributed by atoms with Crippen molar-refractivity contribution in [2.24, 2.45) is 0 Å². The Morgan fingerprint density at radius 3 is 3.04 bits per heavy atom. The van der Waals surface area contributed by atoms with Gasteiger partial charge in [-0.2, -0.15) is 0 Å². The molecule has 0 aromatic carbocycles. The highest BCUT2D eigenvalue weighted by Crippen LogP contribution is 2.18. The van der Waals surface area contributed by atoms with Crippen LogP contribution in [0.3, 0.4) is 0 Å². The number of nitrogens with zero attached hydrogens (tertiary/aromatic N) is 4. The molecule has 23 heavy (non-hydrogen) atoms. The first-order valence-electron chi connectivity index (χ1n) is 8.06. The lowest BCUT2D eigenvalue weighted by Crippen LogP contribution is -2.36. The molecule has 3 N–H and O–H groups in total. The van der Waals surface area contributed by atoms with Gasteiger partial charge in [0.1, 0.15) is 0 Å². The minimum absolute atomic E-state index is 0.462. The van der Waals surface area contributed by atoms with Gasteiger partial charge in [0, 0.05) is 18.9 Å². The molecule has 0 amide bonds. The molecule has 0 bridgehead atoms. The molecule has 3 rings (SSSR count). The van der Waals surface area contributed by atoms with E-state index in [9.17, 15) is 10.2 Å². The van der Waals surface area contributed by atoms with Crippen LogP contribution in [-0.2, 0) is 13.0 Å². The molecule has 0 aliphatic carbocycles. The lowest BCUT2D eigenvalue weighted by atomic mass is 10.0. The summed E-state index contributed by atoms with van der Waals surface area (Å²) in [6.07, 6.45) is 5.95. The Labute approximate surface area is 135 Å². The summed E-state index contributed by atoms with van der Waals surface area (Å²) in [6, 6.07) is 5.54. The maximum absolute atomic E-state index is 10.3. The summed E-state index contributed by atoms with van der Waals surface area (Å²) in [5, 5.41) is 31.8. The SMILES string of the molecule is OC(CCCc1cn(CC2(O)CCNC2)nn1)c1ccccn1. The van der Waals surface area contributed by atoms with Gasteiger partial charge in [0.15, 0.2) is 0 Å². The second-order valence-electron chi connectivity index (χ2n) is 6.22. The van der Waals surface area contributed by atoms with Crippen molar-refractivity contribution in [3.05, 3.63) is 42.0 Å². The van der Waals surface area contributed by atoms with Crippen molar-refractivity contribution in [1.82, 2.24) is 25.3 Å². The van der Waals surface area contributed by atoms with E-state index < -0.39 is 11.7 Å². The van der Waals surface area contributed by atoms with Crippen molar-refractivity contribution in [3.8, 4) is 0 Å².